The first-order valence-corrected chi connectivity index (χ1v) is 14.7. The van der Waals surface area contributed by atoms with Crippen molar-refractivity contribution >= 4 is 17.7 Å². The molecule has 2 aromatic rings. The maximum Gasteiger partial charge on any atom is 0.261 e. The van der Waals surface area contributed by atoms with Crippen LogP contribution >= 0.6 is 0 Å². The van der Waals surface area contributed by atoms with Gasteiger partial charge in [-0.25, -0.2) is 0 Å². The number of fused-ring (bicyclic) bond motifs is 2. The summed E-state index contributed by atoms with van der Waals surface area (Å²) in [6.45, 7) is 4.20. The molecule has 1 aromatic carbocycles. The minimum atomic E-state index is -0.579. The number of hydrogen-bond donors (Lipinski definition) is 3. The summed E-state index contributed by atoms with van der Waals surface area (Å²) in [5.41, 5.74) is 2.89. The molecule has 1 spiro atoms. The second-order valence-corrected chi connectivity index (χ2v) is 11.4. The van der Waals surface area contributed by atoms with Crippen molar-refractivity contribution in [2.45, 2.75) is 71.1 Å². The van der Waals surface area contributed by atoms with Crippen molar-refractivity contribution in [1.82, 2.24) is 20.5 Å². The Morgan fingerprint density at radius 2 is 1.70 bits per heavy atom. The normalized spacial score (nSPS) is 20.2. The number of hydrogen-bond acceptors (Lipinski definition) is 5. The van der Waals surface area contributed by atoms with E-state index in [1.165, 1.54) is 0 Å². The van der Waals surface area contributed by atoms with Gasteiger partial charge in [-0.05, 0) is 93.5 Å². The van der Waals surface area contributed by atoms with Crippen molar-refractivity contribution in [3.63, 3.8) is 0 Å². The molecule has 0 atom stereocenters. The first-order valence-electron chi connectivity index (χ1n) is 14.7. The third-order valence-corrected chi connectivity index (χ3v) is 8.73. The summed E-state index contributed by atoms with van der Waals surface area (Å²) < 4.78 is 5.93. The summed E-state index contributed by atoms with van der Waals surface area (Å²) in [4.78, 5) is 57.1. The maximum absolute atomic E-state index is 13.6. The van der Waals surface area contributed by atoms with Crippen molar-refractivity contribution in [2.24, 2.45) is 5.41 Å². The van der Waals surface area contributed by atoms with Crippen LogP contribution < -0.4 is 20.9 Å². The van der Waals surface area contributed by atoms with Gasteiger partial charge >= 0.3 is 0 Å². The molecule has 5 rings (SSSR count). The number of aromatic nitrogens is 1. The lowest BCUT2D eigenvalue weighted by Crippen LogP contribution is -2.51. The first kappa shape index (κ1) is 27.9. The van der Waals surface area contributed by atoms with Gasteiger partial charge in [-0.15, -0.1) is 0 Å². The van der Waals surface area contributed by atoms with Gasteiger partial charge in [-0.2, -0.15) is 0 Å². The van der Waals surface area contributed by atoms with Gasteiger partial charge in [0, 0.05) is 32.4 Å². The van der Waals surface area contributed by atoms with Crippen LogP contribution in [0.4, 0.5) is 0 Å². The van der Waals surface area contributed by atoms with Crippen LogP contribution in [0.15, 0.2) is 29.2 Å². The second-order valence-electron chi connectivity index (χ2n) is 11.4. The number of benzene rings is 1. The third-order valence-electron chi connectivity index (χ3n) is 8.73. The Balaban J connectivity index is 1.26. The van der Waals surface area contributed by atoms with Crippen LogP contribution in [-0.4, -0.2) is 60.4 Å². The van der Waals surface area contributed by atoms with E-state index in [2.05, 4.69) is 15.6 Å². The van der Waals surface area contributed by atoms with Gasteiger partial charge in [0.1, 0.15) is 11.3 Å². The van der Waals surface area contributed by atoms with Crippen LogP contribution in [0.3, 0.4) is 0 Å². The number of nitrogens with one attached hydrogen (secondary N) is 3. The average molecular weight is 549 g/mol. The summed E-state index contributed by atoms with van der Waals surface area (Å²) in [5.74, 6) is 0.205. The molecule has 1 fully saturated rings. The lowest BCUT2D eigenvalue weighted by Gasteiger charge is -2.41. The lowest BCUT2D eigenvalue weighted by molar-refractivity contribution is -0.134. The Morgan fingerprint density at radius 1 is 0.925 bits per heavy atom. The Bertz CT molecular complexity index is 1330. The average Bonchev–Trinajstić information content (AvgIpc) is 2.96. The van der Waals surface area contributed by atoms with E-state index >= 15 is 0 Å². The maximum atomic E-state index is 13.6. The van der Waals surface area contributed by atoms with E-state index in [-0.39, 0.29) is 28.8 Å². The third kappa shape index (κ3) is 5.93. The molecule has 214 valence electrons. The number of aromatic amines is 1. The standard InChI is InChI=1S/C31H40N4O5/c1-21-9-10-24-25(19-21)40-18-6-15-33-30(39)31(11-4-5-14-32-27(24)36)12-16-35(17-13-31)29(38)26-23-8-3-2-7-22(23)20-34-28(26)37/h9-10,19-20H,2-8,11-18H2,1H3,(H,32,36)(H,33,39)(H,34,37). The molecule has 9 heteroatoms. The number of H-pyrrole nitrogens is 1. The number of aryl methyl sites for hydroxylation is 2. The SMILES string of the molecule is Cc1ccc2c(c1)OCCCNC(=O)C1(CCCCNC2=O)CCN(C(=O)c2c3c(c[nH]c2=O)CCCC3)CC1. The molecule has 0 saturated carbocycles. The van der Waals surface area contributed by atoms with Crippen molar-refractivity contribution in [3.8, 4) is 5.75 Å². The van der Waals surface area contributed by atoms with Crippen molar-refractivity contribution in [2.75, 3.05) is 32.8 Å². The molecule has 0 radical (unpaired) electrons. The fourth-order valence-electron chi connectivity index (χ4n) is 6.31. The van der Waals surface area contributed by atoms with E-state index in [1.807, 2.05) is 19.1 Å². The number of nitrogens with zero attached hydrogens (tertiary/aromatic N) is 1. The zero-order valence-corrected chi connectivity index (χ0v) is 23.4. The van der Waals surface area contributed by atoms with Crippen LogP contribution in [0.25, 0.3) is 0 Å². The fourth-order valence-corrected chi connectivity index (χ4v) is 6.31. The molecule has 40 heavy (non-hydrogen) atoms. The number of amides is 3. The second kappa shape index (κ2) is 12.3. The van der Waals surface area contributed by atoms with Gasteiger partial charge in [0.15, 0.2) is 0 Å². The summed E-state index contributed by atoms with van der Waals surface area (Å²) in [6, 6.07) is 5.57. The Morgan fingerprint density at radius 3 is 2.52 bits per heavy atom. The highest BCUT2D eigenvalue weighted by molar-refractivity contribution is 5.97. The molecule has 3 amide bonds. The lowest BCUT2D eigenvalue weighted by atomic mass is 9.73. The van der Waals surface area contributed by atoms with Crippen LogP contribution in [-0.2, 0) is 17.6 Å². The molecule has 3 N–H and O–H groups in total. The first-order chi connectivity index (χ1) is 19.4. The topological polar surface area (TPSA) is 121 Å². The molecule has 1 aliphatic carbocycles. The Hall–Kier alpha value is -3.62. The highest BCUT2D eigenvalue weighted by atomic mass is 16.5. The zero-order chi connectivity index (χ0) is 28.1. The fraction of sp³-hybridized carbons (Fsp3) is 0.548. The smallest absolute Gasteiger partial charge is 0.261 e. The number of rotatable bonds is 1. The van der Waals surface area contributed by atoms with E-state index < -0.39 is 5.41 Å². The van der Waals surface area contributed by atoms with E-state index in [9.17, 15) is 19.2 Å². The number of ether oxygens (including phenoxy) is 1. The number of pyridine rings is 1. The van der Waals surface area contributed by atoms with Crippen LogP contribution in [0, 0.1) is 12.3 Å². The molecular weight excluding hydrogens is 508 g/mol. The van der Waals surface area contributed by atoms with Crippen LogP contribution in [0.5, 0.6) is 5.75 Å². The Kier molecular flexibility index (Phi) is 8.57. The van der Waals surface area contributed by atoms with E-state index in [0.29, 0.717) is 69.8 Å². The van der Waals surface area contributed by atoms with Gasteiger partial charge < -0.3 is 25.3 Å². The number of carbonyl (C=O) groups is 3. The van der Waals surface area contributed by atoms with Crippen LogP contribution in [0.2, 0.25) is 0 Å². The van der Waals surface area contributed by atoms with Crippen LogP contribution in [0.1, 0.15) is 88.8 Å². The Labute approximate surface area is 235 Å². The molecular formula is C31H40N4O5. The minimum Gasteiger partial charge on any atom is -0.493 e. The van der Waals surface area contributed by atoms with Gasteiger partial charge in [0.2, 0.25) is 5.91 Å². The van der Waals surface area contributed by atoms with E-state index in [1.54, 1.807) is 17.2 Å². The molecule has 1 saturated heterocycles. The van der Waals surface area contributed by atoms with Gasteiger partial charge in [0.05, 0.1) is 17.6 Å². The minimum absolute atomic E-state index is 0.0182. The molecule has 3 heterocycles. The molecule has 0 bridgehead atoms. The molecule has 9 nitrogen and oxygen atoms in total. The highest BCUT2D eigenvalue weighted by Gasteiger charge is 2.42. The summed E-state index contributed by atoms with van der Waals surface area (Å²) in [6.07, 6.45) is 9.37. The molecule has 0 unspecified atom stereocenters. The summed E-state index contributed by atoms with van der Waals surface area (Å²) >= 11 is 0. The van der Waals surface area contributed by atoms with Crippen molar-refractivity contribution < 1.29 is 19.1 Å². The zero-order valence-electron chi connectivity index (χ0n) is 23.4. The molecule has 2 aliphatic heterocycles. The number of likely N-dealkylation sites (tertiary alicyclic amines) is 1. The number of piperidine rings is 1. The predicted octanol–water partition coefficient (Wildman–Crippen LogP) is 3.28. The highest BCUT2D eigenvalue weighted by Crippen LogP contribution is 2.38. The number of carbonyl (C=O) groups excluding carboxylic acids is 3. The molecule has 3 aliphatic rings. The van der Waals surface area contributed by atoms with E-state index in [0.717, 1.165) is 55.2 Å². The van der Waals surface area contributed by atoms with Gasteiger partial charge in [0.25, 0.3) is 17.4 Å². The monoisotopic (exact) mass is 548 g/mol. The van der Waals surface area contributed by atoms with Gasteiger partial charge in [-0.1, -0.05) is 12.5 Å². The summed E-state index contributed by atoms with van der Waals surface area (Å²) in [5, 5.41) is 6.12. The predicted molar refractivity (Wildman–Crippen MR) is 152 cm³/mol. The van der Waals surface area contributed by atoms with Gasteiger partial charge in [-0.3, -0.25) is 19.2 Å². The summed E-state index contributed by atoms with van der Waals surface area (Å²) in [7, 11) is 0. The quantitative estimate of drug-likeness (QED) is 0.505. The van der Waals surface area contributed by atoms with Crippen molar-refractivity contribution in [1.29, 1.82) is 0 Å². The molecule has 1 aromatic heterocycles. The van der Waals surface area contributed by atoms with E-state index in [4.69, 9.17) is 4.74 Å². The largest absolute Gasteiger partial charge is 0.493 e. The van der Waals surface area contributed by atoms with Crippen molar-refractivity contribution in [3.05, 3.63) is 62.6 Å².